The van der Waals surface area contributed by atoms with Gasteiger partial charge in [0.05, 0.1) is 6.61 Å². The van der Waals surface area contributed by atoms with Crippen LogP contribution in [0.15, 0.2) is 12.4 Å². The number of hydrogen-bond acceptors (Lipinski definition) is 5. The molecule has 16 heavy (non-hydrogen) atoms. The van der Waals surface area contributed by atoms with E-state index in [2.05, 4.69) is 15.3 Å². The number of aromatic nitrogens is 2. The van der Waals surface area contributed by atoms with Gasteiger partial charge in [0.15, 0.2) is 0 Å². The smallest absolute Gasteiger partial charge is 0.218 e. The lowest BCUT2D eigenvalue weighted by Crippen LogP contribution is -2.26. The van der Waals surface area contributed by atoms with Crippen LogP contribution in [0.5, 0.6) is 5.88 Å². The van der Waals surface area contributed by atoms with Gasteiger partial charge in [0.2, 0.25) is 5.88 Å². The topological polar surface area (TPSA) is 67.3 Å². The first-order valence-electron chi connectivity index (χ1n) is 5.49. The van der Waals surface area contributed by atoms with Crippen molar-refractivity contribution in [3.63, 3.8) is 0 Å². The van der Waals surface area contributed by atoms with E-state index < -0.39 is 0 Å². The Kier molecular flexibility index (Phi) is 4.98. The van der Waals surface area contributed by atoms with Crippen molar-refractivity contribution in [3.8, 4) is 5.88 Å². The summed E-state index contributed by atoms with van der Waals surface area (Å²) in [5, 5.41) is 12.2. The van der Waals surface area contributed by atoms with E-state index >= 15 is 0 Å². The van der Waals surface area contributed by atoms with Crippen molar-refractivity contribution >= 4 is 5.82 Å². The number of anilines is 1. The Morgan fingerprint density at radius 3 is 2.81 bits per heavy atom. The van der Waals surface area contributed by atoms with Crippen molar-refractivity contribution in [3.05, 3.63) is 12.4 Å². The van der Waals surface area contributed by atoms with E-state index in [1.165, 1.54) is 6.33 Å². The van der Waals surface area contributed by atoms with Gasteiger partial charge in [0.25, 0.3) is 0 Å². The summed E-state index contributed by atoms with van der Waals surface area (Å²) in [6, 6.07) is 1.90. The van der Waals surface area contributed by atoms with Crippen LogP contribution in [0.2, 0.25) is 0 Å². The predicted octanol–water partition coefficient (Wildman–Crippen LogP) is 1.30. The molecule has 2 N–H and O–H groups in total. The second kappa shape index (κ2) is 6.27. The zero-order valence-corrected chi connectivity index (χ0v) is 9.97. The lowest BCUT2D eigenvalue weighted by atomic mass is 10.1. The number of aliphatic hydroxyl groups excluding tert-OH is 1. The molecule has 0 amide bonds. The van der Waals surface area contributed by atoms with Crippen LogP contribution in [-0.2, 0) is 0 Å². The van der Waals surface area contributed by atoms with Crippen LogP contribution < -0.4 is 10.1 Å². The van der Waals surface area contributed by atoms with Crippen molar-refractivity contribution in [2.45, 2.75) is 26.8 Å². The Hall–Kier alpha value is -1.36. The molecule has 0 saturated heterocycles. The molecule has 1 rings (SSSR count). The van der Waals surface area contributed by atoms with Gasteiger partial charge in [-0.25, -0.2) is 9.97 Å². The van der Waals surface area contributed by atoms with Gasteiger partial charge in [0, 0.05) is 18.7 Å². The third-order valence-corrected chi connectivity index (χ3v) is 2.45. The Morgan fingerprint density at radius 2 is 2.19 bits per heavy atom. The average Bonchev–Trinajstić information content (AvgIpc) is 2.29. The van der Waals surface area contributed by atoms with Crippen LogP contribution in [0.25, 0.3) is 0 Å². The first-order chi connectivity index (χ1) is 7.67. The van der Waals surface area contributed by atoms with E-state index in [4.69, 9.17) is 9.84 Å². The molecule has 0 radical (unpaired) electrons. The molecule has 0 aliphatic rings. The first kappa shape index (κ1) is 12.7. The van der Waals surface area contributed by atoms with Gasteiger partial charge < -0.3 is 15.2 Å². The summed E-state index contributed by atoms with van der Waals surface area (Å²) in [6.45, 7) is 6.62. The molecule has 0 spiro atoms. The minimum Gasteiger partial charge on any atom is -0.478 e. The summed E-state index contributed by atoms with van der Waals surface area (Å²) in [5.41, 5.74) is 0. The fourth-order valence-corrected chi connectivity index (χ4v) is 1.18. The number of nitrogens with zero attached hydrogens (tertiary/aromatic N) is 2. The van der Waals surface area contributed by atoms with Gasteiger partial charge in [-0.05, 0) is 19.8 Å². The van der Waals surface area contributed by atoms with Crippen LogP contribution in [0.1, 0.15) is 20.8 Å². The maximum absolute atomic E-state index is 9.02. The monoisotopic (exact) mass is 225 g/mol. The minimum absolute atomic E-state index is 0.148. The Morgan fingerprint density at radius 1 is 1.44 bits per heavy atom. The van der Waals surface area contributed by atoms with Crippen LogP contribution >= 0.6 is 0 Å². The number of hydrogen-bond donors (Lipinski definition) is 2. The zero-order chi connectivity index (χ0) is 12.0. The maximum atomic E-state index is 9.02. The number of nitrogens with one attached hydrogen (secondary N) is 1. The molecule has 5 nitrogen and oxygen atoms in total. The molecule has 0 aromatic carbocycles. The summed E-state index contributed by atoms with van der Waals surface area (Å²) >= 11 is 0. The Labute approximate surface area is 95.9 Å². The largest absolute Gasteiger partial charge is 0.478 e. The fraction of sp³-hybridized carbons (Fsp3) is 0.636. The molecule has 0 bridgehead atoms. The van der Waals surface area contributed by atoms with Crippen molar-refractivity contribution < 1.29 is 9.84 Å². The molecular weight excluding hydrogens is 206 g/mol. The summed E-state index contributed by atoms with van der Waals surface area (Å²) < 4.78 is 5.27. The molecule has 2 unspecified atom stereocenters. The van der Waals surface area contributed by atoms with Crippen molar-refractivity contribution in [2.24, 2.45) is 5.92 Å². The lowest BCUT2D eigenvalue weighted by Gasteiger charge is -2.19. The van der Waals surface area contributed by atoms with Gasteiger partial charge in [-0.1, -0.05) is 6.92 Å². The SMILES string of the molecule is CCOc1cc(NC(C)C(C)CO)ncn1. The fourth-order valence-electron chi connectivity index (χ4n) is 1.18. The van der Waals surface area contributed by atoms with E-state index in [1.54, 1.807) is 6.07 Å². The summed E-state index contributed by atoms with van der Waals surface area (Å²) in [5.74, 6) is 1.45. The first-order valence-corrected chi connectivity index (χ1v) is 5.49. The highest BCUT2D eigenvalue weighted by Gasteiger charge is 2.11. The summed E-state index contributed by atoms with van der Waals surface area (Å²) in [4.78, 5) is 8.07. The van der Waals surface area contributed by atoms with E-state index in [0.717, 1.165) is 0 Å². The molecule has 1 aromatic heterocycles. The molecule has 5 heteroatoms. The highest BCUT2D eigenvalue weighted by Crippen LogP contribution is 2.14. The van der Waals surface area contributed by atoms with Gasteiger partial charge in [0.1, 0.15) is 12.1 Å². The van der Waals surface area contributed by atoms with E-state index in [0.29, 0.717) is 18.3 Å². The Balaban J connectivity index is 2.62. The van der Waals surface area contributed by atoms with E-state index in [9.17, 15) is 0 Å². The van der Waals surface area contributed by atoms with Gasteiger partial charge in [-0.2, -0.15) is 0 Å². The van der Waals surface area contributed by atoms with Crippen molar-refractivity contribution in [2.75, 3.05) is 18.5 Å². The van der Waals surface area contributed by atoms with Gasteiger partial charge >= 0.3 is 0 Å². The molecule has 0 aliphatic carbocycles. The molecule has 1 aromatic rings. The standard InChI is InChI=1S/C11H19N3O2/c1-4-16-11-5-10(12-7-13-11)14-9(3)8(2)6-15/h5,7-9,15H,4,6H2,1-3H3,(H,12,13,14). The third-order valence-electron chi connectivity index (χ3n) is 2.45. The molecule has 90 valence electrons. The molecule has 0 saturated carbocycles. The summed E-state index contributed by atoms with van der Waals surface area (Å²) in [6.07, 6.45) is 1.46. The number of aliphatic hydroxyl groups is 1. The quantitative estimate of drug-likeness (QED) is 0.764. The maximum Gasteiger partial charge on any atom is 0.218 e. The van der Waals surface area contributed by atoms with E-state index in [1.807, 2.05) is 20.8 Å². The highest BCUT2D eigenvalue weighted by atomic mass is 16.5. The highest BCUT2D eigenvalue weighted by molar-refractivity contribution is 5.38. The predicted molar refractivity (Wildman–Crippen MR) is 62.5 cm³/mol. The Bertz CT molecular complexity index is 320. The van der Waals surface area contributed by atoms with Crippen LogP contribution in [0, 0.1) is 5.92 Å². The molecular formula is C11H19N3O2. The third kappa shape index (κ3) is 3.66. The van der Waals surface area contributed by atoms with Gasteiger partial charge in [-0.3, -0.25) is 0 Å². The second-order valence-electron chi connectivity index (χ2n) is 3.77. The average molecular weight is 225 g/mol. The van der Waals surface area contributed by atoms with Crippen molar-refractivity contribution in [1.29, 1.82) is 0 Å². The number of ether oxygens (including phenoxy) is 1. The van der Waals surface area contributed by atoms with Crippen LogP contribution in [0.4, 0.5) is 5.82 Å². The van der Waals surface area contributed by atoms with Crippen LogP contribution in [0.3, 0.4) is 0 Å². The molecule has 2 atom stereocenters. The minimum atomic E-state index is 0.148. The molecule has 0 aliphatic heterocycles. The van der Waals surface area contributed by atoms with Gasteiger partial charge in [-0.15, -0.1) is 0 Å². The molecule has 1 heterocycles. The van der Waals surface area contributed by atoms with Crippen molar-refractivity contribution in [1.82, 2.24) is 9.97 Å². The number of rotatable bonds is 6. The normalized spacial score (nSPS) is 14.2. The molecule has 0 fully saturated rings. The van der Waals surface area contributed by atoms with E-state index in [-0.39, 0.29) is 18.6 Å². The van der Waals surface area contributed by atoms with Crippen LogP contribution in [-0.4, -0.2) is 34.3 Å². The summed E-state index contributed by atoms with van der Waals surface area (Å²) in [7, 11) is 0. The lowest BCUT2D eigenvalue weighted by molar-refractivity contribution is 0.226. The zero-order valence-electron chi connectivity index (χ0n) is 9.97. The second-order valence-corrected chi connectivity index (χ2v) is 3.77.